The molecule has 0 fully saturated rings. The number of para-hydroxylation sites is 1. The molecular weight excluding hydrogens is 256 g/mol. The van der Waals surface area contributed by atoms with Crippen LogP contribution in [0.2, 0.25) is 0 Å². The molecule has 0 saturated heterocycles. The van der Waals surface area contributed by atoms with E-state index in [0.717, 1.165) is 6.54 Å². The van der Waals surface area contributed by atoms with E-state index in [4.69, 9.17) is 0 Å². The molecule has 2 heteroatoms. The van der Waals surface area contributed by atoms with Gasteiger partial charge in [0.1, 0.15) is 0 Å². The lowest BCUT2D eigenvalue weighted by Gasteiger charge is -2.12. The number of aromatic amines is 1. The lowest BCUT2D eigenvalue weighted by Crippen LogP contribution is -2.15. The Hall–Kier alpha value is -2.35. The molecule has 2 N–H and O–H groups in total. The van der Waals surface area contributed by atoms with Gasteiger partial charge in [-0.15, -0.1) is 0 Å². The third-order valence-corrected chi connectivity index (χ3v) is 4.31. The number of nitrogens with one attached hydrogen (secondary N) is 2. The van der Waals surface area contributed by atoms with Crippen molar-refractivity contribution < 1.29 is 4.98 Å². The molecule has 0 atom stereocenters. The van der Waals surface area contributed by atoms with E-state index in [0.29, 0.717) is 0 Å². The lowest BCUT2D eigenvalue weighted by atomic mass is 10.1. The Bertz CT molecular complexity index is 778. The summed E-state index contributed by atoms with van der Waals surface area (Å²) in [7, 11) is 0. The fourth-order valence-electron chi connectivity index (χ4n) is 3.28. The van der Waals surface area contributed by atoms with Crippen molar-refractivity contribution in [2.24, 2.45) is 0 Å². The number of benzene rings is 2. The third kappa shape index (κ3) is 2.27. The maximum Gasteiger partial charge on any atom is 0.213 e. The quantitative estimate of drug-likeness (QED) is 0.774. The minimum Gasteiger partial charge on any atom is -0.380 e. The van der Waals surface area contributed by atoms with Crippen LogP contribution in [0.15, 0.2) is 54.6 Å². The predicted octanol–water partition coefficient (Wildman–Crippen LogP) is 3.75. The van der Waals surface area contributed by atoms with Crippen LogP contribution < -0.4 is 10.3 Å². The zero-order chi connectivity index (χ0) is 14.1. The summed E-state index contributed by atoms with van der Waals surface area (Å²) in [6.07, 6.45) is 3.59. The molecule has 0 amide bonds. The average molecular weight is 275 g/mol. The van der Waals surface area contributed by atoms with E-state index in [1.165, 1.54) is 52.7 Å². The summed E-state index contributed by atoms with van der Waals surface area (Å²) in [6.45, 7) is 0.876. The molecule has 0 radical (unpaired) electrons. The first-order valence-corrected chi connectivity index (χ1v) is 7.65. The normalized spacial score (nSPS) is 13.3. The van der Waals surface area contributed by atoms with Gasteiger partial charge in [-0.2, -0.15) is 0 Å². The molecule has 0 aliphatic heterocycles. The molecule has 1 aromatic heterocycles. The first-order valence-electron chi connectivity index (χ1n) is 7.65. The first-order chi connectivity index (χ1) is 10.4. The Balaban J connectivity index is 1.76. The maximum atomic E-state index is 3.68. The van der Waals surface area contributed by atoms with Crippen molar-refractivity contribution in [1.29, 1.82) is 0 Å². The number of aryl methyl sites for hydroxylation is 1. The van der Waals surface area contributed by atoms with Gasteiger partial charge in [0.05, 0.1) is 11.1 Å². The van der Waals surface area contributed by atoms with E-state index in [-0.39, 0.29) is 0 Å². The van der Waals surface area contributed by atoms with Crippen molar-refractivity contribution in [3.05, 3.63) is 71.4 Å². The zero-order valence-corrected chi connectivity index (χ0v) is 12.0. The topological polar surface area (TPSA) is 26.2 Å². The SMILES string of the molecule is c1ccc(CNc2c3c([nH+]c4ccccc24)CCC3)cc1. The summed E-state index contributed by atoms with van der Waals surface area (Å²) in [5.41, 5.74) is 6.75. The monoisotopic (exact) mass is 275 g/mol. The fourth-order valence-corrected chi connectivity index (χ4v) is 3.28. The van der Waals surface area contributed by atoms with Gasteiger partial charge in [0, 0.05) is 24.6 Å². The molecule has 4 rings (SSSR count). The lowest BCUT2D eigenvalue weighted by molar-refractivity contribution is -0.356. The van der Waals surface area contributed by atoms with Gasteiger partial charge in [0.15, 0.2) is 5.69 Å². The van der Waals surface area contributed by atoms with Crippen LogP contribution in [0.1, 0.15) is 23.2 Å². The van der Waals surface area contributed by atoms with Crippen LogP contribution in [0, 0.1) is 0 Å². The van der Waals surface area contributed by atoms with Gasteiger partial charge in [-0.25, -0.2) is 4.98 Å². The molecule has 1 aliphatic carbocycles. The van der Waals surface area contributed by atoms with Crippen LogP contribution in [-0.4, -0.2) is 0 Å². The minimum atomic E-state index is 0.876. The van der Waals surface area contributed by atoms with Crippen molar-refractivity contribution in [2.45, 2.75) is 25.8 Å². The van der Waals surface area contributed by atoms with E-state index in [1.807, 2.05) is 0 Å². The van der Waals surface area contributed by atoms with Crippen molar-refractivity contribution in [3.8, 4) is 0 Å². The standard InChI is InChI=1S/C19H18N2/c1-2-7-14(8-3-1)13-20-19-15-9-4-5-11-17(15)21-18-12-6-10-16(18)19/h1-5,7-9,11H,6,10,12-13H2,(H,20,21)/p+1. The van der Waals surface area contributed by atoms with E-state index >= 15 is 0 Å². The van der Waals surface area contributed by atoms with Crippen LogP contribution in [0.5, 0.6) is 0 Å². The molecule has 1 aliphatic rings. The van der Waals surface area contributed by atoms with Crippen LogP contribution in [0.4, 0.5) is 5.69 Å². The van der Waals surface area contributed by atoms with E-state index in [9.17, 15) is 0 Å². The predicted molar refractivity (Wildman–Crippen MR) is 86.3 cm³/mol. The smallest absolute Gasteiger partial charge is 0.213 e. The highest BCUT2D eigenvalue weighted by atomic mass is 14.9. The highest BCUT2D eigenvalue weighted by Crippen LogP contribution is 2.32. The van der Waals surface area contributed by atoms with Crippen LogP contribution in [0.25, 0.3) is 10.9 Å². The summed E-state index contributed by atoms with van der Waals surface area (Å²) in [5, 5.41) is 4.98. The molecule has 104 valence electrons. The third-order valence-electron chi connectivity index (χ3n) is 4.31. The van der Waals surface area contributed by atoms with Gasteiger partial charge < -0.3 is 5.32 Å². The second-order valence-corrected chi connectivity index (χ2v) is 5.70. The molecule has 3 aromatic rings. The number of hydrogen-bond acceptors (Lipinski definition) is 1. The van der Waals surface area contributed by atoms with E-state index < -0.39 is 0 Å². The number of hydrogen-bond donors (Lipinski definition) is 1. The van der Waals surface area contributed by atoms with E-state index in [2.05, 4.69) is 64.9 Å². The fraction of sp³-hybridized carbons (Fsp3) is 0.211. The van der Waals surface area contributed by atoms with E-state index in [1.54, 1.807) is 0 Å². The Labute approximate surface area is 124 Å². The van der Waals surface area contributed by atoms with Crippen LogP contribution in [0.3, 0.4) is 0 Å². The molecule has 2 aromatic carbocycles. The summed E-state index contributed by atoms with van der Waals surface area (Å²) in [5.74, 6) is 0. The molecule has 0 spiro atoms. The molecule has 0 bridgehead atoms. The second kappa shape index (κ2) is 5.21. The van der Waals surface area contributed by atoms with Gasteiger partial charge in [0.2, 0.25) is 5.52 Å². The van der Waals surface area contributed by atoms with Crippen molar-refractivity contribution in [3.63, 3.8) is 0 Å². The largest absolute Gasteiger partial charge is 0.380 e. The molecule has 0 unspecified atom stereocenters. The average Bonchev–Trinajstić information content (AvgIpc) is 3.00. The number of H-pyrrole nitrogens is 1. The summed E-state index contributed by atoms with van der Waals surface area (Å²) >= 11 is 0. The van der Waals surface area contributed by atoms with Gasteiger partial charge in [-0.1, -0.05) is 42.5 Å². The molecule has 2 nitrogen and oxygen atoms in total. The summed E-state index contributed by atoms with van der Waals surface area (Å²) < 4.78 is 0. The summed E-state index contributed by atoms with van der Waals surface area (Å²) in [6, 6.07) is 19.2. The van der Waals surface area contributed by atoms with Crippen LogP contribution in [-0.2, 0) is 19.4 Å². The van der Waals surface area contributed by atoms with Gasteiger partial charge in [-0.3, -0.25) is 0 Å². The molecule has 1 heterocycles. The Morgan fingerprint density at radius 3 is 2.62 bits per heavy atom. The second-order valence-electron chi connectivity index (χ2n) is 5.70. The highest BCUT2D eigenvalue weighted by Gasteiger charge is 2.24. The summed E-state index contributed by atoms with van der Waals surface area (Å²) in [4.78, 5) is 3.61. The van der Waals surface area contributed by atoms with Gasteiger partial charge in [-0.05, 0) is 24.5 Å². The number of fused-ring (bicyclic) bond motifs is 2. The number of aromatic nitrogens is 1. The number of pyridine rings is 1. The Kier molecular flexibility index (Phi) is 3.07. The van der Waals surface area contributed by atoms with Crippen molar-refractivity contribution >= 4 is 16.6 Å². The maximum absolute atomic E-state index is 3.68. The Morgan fingerprint density at radius 2 is 1.71 bits per heavy atom. The van der Waals surface area contributed by atoms with Crippen LogP contribution >= 0.6 is 0 Å². The number of rotatable bonds is 3. The zero-order valence-electron chi connectivity index (χ0n) is 12.0. The number of anilines is 1. The molecular formula is C19H19N2+. The molecule has 0 saturated carbocycles. The van der Waals surface area contributed by atoms with Gasteiger partial charge >= 0.3 is 0 Å². The first kappa shape index (κ1) is 12.4. The van der Waals surface area contributed by atoms with Crippen molar-refractivity contribution in [1.82, 2.24) is 0 Å². The van der Waals surface area contributed by atoms with Crippen molar-refractivity contribution in [2.75, 3.05) is 5.32 Å². The Morgan fingerprint density at radius 1 is 0.905 bits per heavy atom. The minimum absolute atomic E-state index is 0.876. The van der Waals surface area contributed by atoms with Gasteiger partial charge in [0.25, 0.3) is 0 Å². The highest BCUT2D eigenvalue weighted by molar-refractivity contribution is 5.91. The molecule has 21 heavy (non-hydrogen) atoms.